The molecule has 1 aromatic carbocycles. The summed E-state index contributed by atoms with van der Waals surface area (Å²) in [7, 11) is 2.02. The van der Waals surface area contributed by atoms with Gasteiger partial charge in [0.25, 0.3) is 5.91 Å². The first-order valence-electron chi connectivity index (χ1n) is 6.22. The molecule has 0 unspecified atom stereocenters. The number of aliphatic hydroxyl groups excluding tert-OH is 1. The lowest BCUT2D eigenvalue weighted by Crippen LogP contribution is -2.30. The lowest BCUT2D eigenvalue weighted by molar-refractivity contribution is 0.0827. The molecule has 1 rings (SSSR count). The van der Waals surface area contributed by atoms with Crippen LogP contribution in [0.4, 0.5) is 0 Å². The van der Waals surface area contributed by atoms with E-state index in [1.165, 1.54) is 37.3 Å². The molecule has 0 fully saturated rings. The molecule has 0 aliphatic rings. The summed E-state index contributed by atoms with van der Waals surface area (Å²) in [6, 6.07) is 4.23. The van der Waals surface area contributed by atoms with E-state index in [4.69, 9.17) is 9.84 Å². The van der Waals surface area contributed by atoms with Crippen LogP contribution < -0.4 is 4.74 Å². The first-order chi connectivity index (χ1) is 9.75. The number of likely N-dealkylation sites (N-methyl/N-ethyl adjacent to an activating group) is 1. The number of ether oxygens (including phenoxy) is 1. The van der Waals surface area contributed by atoms with Gasteiger partial charge in [0.2, 0.25) is 10.0 Å². The number of carbonyl (C=O) groups excluding carboxylic acids is 1. The predicted molar refractivity (Wildman–Crippen MR) is 77.9 cm³/mol. The summed E-state index contributed by atoms with van der Waals surface area (Å²) in [6.07, 6.45) is 0. The van der Waals surface area contributed by atoms with Crippen molar-refractivity contribution in [2.75, 3.05) is 41.4 Å². The number of amides is 1. The first kappa shape index (κ1) is 17.4. The van der Waals surface area contributed by atoms with E-state index in [9.17, 15) is 13.2 Å². The quantitative estimate of drug-likeness (QED) is 0.799. The fourth-order valence-corrected chi connectivity index (χ4v) is 3.04. The van der Waals surface area contributed by atoms with Crippen LogP contribution in [-0.2, 0) is 10.0 Å². The topological polar surface area (TPSA) is 87.2 Å². The van der Waals surface area contributed by atoms with Gasteiger partial charge in [-0.3, -0.25) is 4.79 Å². The smallest absolute Gasteiger partial charge is 0.253 e. The number of sulfonamides is 1. The van der Waals surface area contributed by atoms with Gasteiger partial charge in [0.05, 0.1) is 13.7 Å². The predicted octanol–water partition coefficient (Wildman–Crippen LogP) is 0.00980. The average Bonchev–Trinajstić information content (AvgIpc) is 2.45. The number of benzene rings is 1. The van der Waals surface area contributed by atoms with Crippen LogP contribution >= 0.6 is 0 Å². The SMILES string of the molecule is COc1ccc(C(=O)N(C)C)cc1S(=O)(=O)N(C)CCO. The Morgan fingerprint density at radius 3 is 2.38 bits per heavy atom. The molecule has 0 aliphatic heterocycles. The molecular formula is C13H20N2O5S. The number of aliphatic hydroxyl groups is 1. The van der Waals surface area contributed by atoms with Crippen LogP contribution in [0.15, 0.2) is 23.1 Å². The van der Waals surface area contributed by atoms with Gasteiger partial charge in [-0.25, -0.2) is 8.42 Å². The summed E-state index contributed by atoms with van der Waals surface area (Å²) in [5.74, 6) is -0.158. The second-order valence-electron chi connectivity index (χ2n) is 4.62. The average molecular weight is 316 g/mol. The maximum Gasteiger partial charge on any atom is 0.253 e. The lowest BCUT2D eigenvalue weighted by atomic mass is 10.2. The van der Waals surface area contributed by atoms with E-state index in [0.29, 0.717) is 0 Å². The fourth-order valence-electron chi connectivity index (χ4n) is 1.70. The van der Waals surface area contributed by atoms with Gasteiger partial charge in [-0.1, -0.05) is 0 Å². The Morgan fingerprint density at radius 2 is 1.90 bits per heavy atom. The number of carbonyl (C=O) groups is 1. The number of hydrogen-bond acceptors (Lipinski definition) is 5. The molecule has 0 atom stereocenters. The summed E-state index contributed by atoms with van der Waals surface area (Å²) >= 11 is 0. The Bertz CT molecular complexity index is 613. The zero-order chi connectivity index (χ0) is 16.2. The summed E-state index contributed by atoms with van der Waals surface area (Å²) < 4.78 is 31.0. The third-order valence-electron chi connectivity index (χ3n) is 2.92. The highest BCUT2D eigenvalue weighted by atomic mass is 32.2. The van der Waals surface area contributed by atoms with Crippen molar-refractivity contribution in [3.8, 4) is 5.75 Å². The highest BCUT2D eigenvalue weighted by molar-refractivity contribution is 7.89. The fraction of sp³-hybridized carbons (Fsp3) is 0.462. The monoisotopic (exact) mass is 316 g/mol. The standard InChI is InChI=1S/C13H20N2O5S/c1-14(2)13(17)10-5-6-11(20-4)12(9-10)21(18,19)15(3)7-8-16/h5-6,9,16H,7-8H2,1-4H3. The van der Waals surface area contributed by atoms with Crippen LogP contribution in [0.5, 0.6) is 5.75 Å². The third-order valence-corrected chi connectivity index (χ3v) is 4.80. The highest BCUT2D eigenvalue weighted by Crippen LogP contribution is 2.27. The van der Waals surface area contributed by atoms with E-state index in [1.54, 1.807) is 14.1 Å². The van der Waals surface area contributed by atoms with Gasteiger partial charge in [-0.05, 0) is 18.2 Å². The lowest BCUT2D eigenvalue weighted by Gasteiger charge is -2.19. The summed E-state index contributed by atoms with van der Waals surface area (Å²) in [5.41, 5.74) is 0.247. The van der Waals surface area contributed by atoms with E-state index in [0.717, 1.165) is 4.31 Å². The molecule has 0 aromatic heterocycles. The van der Waals surface area contributed by atoms with Crippen molar-refractivity contribution >= 4 is 15.9 Å². The van der Waals surface area contributed by atoms with Gasteiger partial charge >= 0.3 is 0 Å². The van der Waals surface area contributed by atoms with Gasteiger partial charge in [0.15, 0.2) is 0 Å². The first-order valence-corrected chi connectivity index (χ1v) is 7.66. The largest absolute Gasteiger partial charge is 0.495 e. The zero-order valence-corrected chi connectivity index (χ0v) is 13.3. The van der Waals surface area contributed by atoms with E-state index in [2.05, 4.69) is 0 Å². The maximum atomic E-state index is 12.5. The molecule has 0 bridgehead atoms. The van der Waals surface area contributed by atoms with Crippen molar-refractivity contribution in [3.05, 3.63) is 23.8 Å². The van der Waals surface area contributed by atoms with E-state index in [1.807, 2.05) is 0 Å². The van der Waals surface area contributed by atoms with Gasteiger partial charge < -0.3 is 14.7 Å². The van der Waals surface area contributed by atoms with Crippen molar-refractivity contribution < 1.29 is 23.1 Å². The van der Waals surface area contributed by atoms with Gasteiger partial charge in [0, 0.05) is 33.3 Å². The number of methoxy groups -OCH3 is 1. The molecule has 1 aromatic rings. The van der Waals surface area contributed by atoms with Crippen LogP contribution in [0, 0.1) is 0 Å². The summed E-state index contributed by atoms with van der Waals surface area (Å²) in [5, 5.41) is 8.89. The molecule has 0 heterocycles. The molecule has 1 amide bonds. The molecule has 0 saturated carbocycles. The van der Waals surface area contributed by atoms with Crippen LogP contribution in [0.2, 0.25) is 0 Å². The van der Waals surface area contributed by atoms with Crippen LogP contribution in [0.25, 0.3) is 0 Å². The minimum atomic E-state index is -3.85. The minimum absolute atomic E-state index is 0.0443. The van der Waals surface area contributed by atoms with Crippen LogP contribution in [-0.4, -0.2) is 70.0 Å². The Hall–Kier alpha value is -1.64. The Labute approximate surface area is 124 Å². The van der Waals surface area contributed by atoms with Crippen molar-refractivity contribution in [1.82, 2.24) is 9.21 Å². The molecule has 7 nitrogen and oxygen atoms in total. The Morgan fingerprint density at radius 1 is 1.29 bits per heavy atom. The molecule has 8 heteroatoms. The normalized spacial score (nSPS) is 11.5. The van der Waals surface area contributed by atoms with Crippen molar-refractivity contribution in [2.24, 2.45) is 0 Å². The highest BCUT2D eigenvalue weighted by Gasteiger charge is 2.26. The minimum Gasteiger partial charge on any atom is -0.495 e. The number of nitrogens with zero attached hydrogens (tertiary/aromatic N) is 2. The van der Waals surface area contributed by atoms with Crippen molar-refractivity contribution in [2.45, 2.75) is 4.90 Å². The van der Waals surface area contributed by atoms with Crippen molar-refractivity contribution in [3.63, 3.8) is 0 Å². The Balaban J connectivity index is 3.39. The van der Waals surface area contributed by atoms with E-state index < -0.39 is 10.0 Å². The molecule has 118 valence electrons. The van der Waals surface area contributed by atoms with Crippen molar-refractivity contribution in [1.29, 1.82) is 0 Å². The van der Waals surface area contributed by atoms with E-state index in [-0.39, 0.29) is 35.3 Å². The Kier molecular flexibility index (Phi) is 5.70. The second-order valence-corrected chi connectivity index (χ2v) is 6.63. The molecule has 0 aliphatic carbocycles. The molecule has 0 saturated heterocycles. The molecular weight excluding hydrogens is 296 g/mol. The maximum absolute atomic E-state index is 12.5. The third kappa shape index (κ3) is 3.72. The number of hydrogen-bond donors (Lipinski definition) is 1. The summed E-state index contributed by atoms with van der Waals surface area (Å²) in [6.45, 7) is -0.342. The second kappa shape index (κ2) is 6.88. The number of rotatable bonds is 6. The van der Waals surface area contributed by atoms with E-state index >= 15 is 0 Å². The van der Waals surface area contributed by atoms with Crippen LogP contribution in [0.1, 0.15) is 10.4 Å². The molecule has 21 heavy (non-hydrogen) atoms. The molecule has 0 spiro atoms. The van der Waals surface area contributed by atoms with Gasteiger partial charge in [-0.15, -0.1) is 0 Å². The van der Waals surface area contributed by atoms with Gasteiger partial charge in [-0.2, -0.15) is 4.31 Å². The van der Waals surface area contributed by atoms with Crippen LogP contribution in [0.3, 0.4) is 0 Å². The molecule has 0 radical (unpaired) electrons. The summed E-state index contributed by atoms with van der Waals surface area (Å²) in [4.78, 5) is 13.2. The molecule has 1 N–H and O–H groups in total. The van der Waals surface area contributed by atoms with Gasteiger partial charge in [0.1, 0.15) is 10.6 Å². The zero-order valence-electron chi connectivity index (χ0n) is 12.5.